The minimum atomic E-state index is -3.22. The molecule has 0 spiro atoms. The maximum atomic E-state index is 12.2. The summed E-state index contributed by atoms with van der Waals surface area (Å²) in [6.07, 6.45) is 1.92. The van der Waals surface area contributed by atoms with E-state index in [4.69, 9.17) is 0 Å². The number of aryl methyl sites for hydroxylation is 2. The number of hydrogen-bond donors (Lipinski definition) is 2. The van der Waals surface area contributed by atoms with E-state index in [1.54, 1.807) is 24.3 Å². The molecule has 0 bridgehead atoms. The Morgan fingerprint density at radius 1 is 1.17 bits per heavy atom. The number of nitrogens with one attached hydrogen (secondary N) is 1. The Labute approximate surface area is 139 Å². The highest BCUT2D eigenvalue weighted by atomic mass is 32.2. The van der Waals surface area contributed by atoms with Crippen LogP contribution in [0.1, 0.15) is 11.1 Å². The van der Waals surface area contributed by atoms with Gasteiger partial charge in [-0.25, -0.2) is 18.4 Å². The molecule has 24 heavy (non-hydrogen) atoms. The minimum Gasteiger partial charge on any atom is -0.508 e. The van der Waals surface area contributed by atoms with Crippen LogP contribution in [0.5, 0.6) is 5.75 Å². The average molecular weight is 341 g/mol. The van der Waals surface area contributed by atoms with Crippen LogP contribution in [0.3, 0.4) is 0 Å². The molecule has 0 atom stereocenters. The van der Waals surface area contributed by atoms with Crippen molar-refractivity contribution in [2.24, 2.45) is 0 Å². The molecule has 0 radical (unpaired) electrons. The molecule has 0 aliphatic carbocycles. The van der Waals surface area contributed by atoms with Gasteiger partial charge in [-0.05, 0) is 54.8 Å². The normalized spacial score (nSPS) is 15.4. The highest BCUT2D eigenvalue weighted by molar-refractivity contribution is 7.91. The van der Waals surface area contributed by atoms with Crippen LogP contribution in [0.4, 0.5) is 11.5 Å². The van der Waals surface area contributed by atoms with E-state index in [0.717, 1.165) is 22.2 Å². The van der Waals surface area contributed by atoms with Crippen LogP contribution >= 0.6 is 0 Å². The lowest BCUT2D eigenvalue weighted by Crippen LogP contribution is -2.00. The van der Waals surface area contributed by atoms with Gasteiger partial charge >= 0.3 is 0 Å². The van der Waals surface area contributed by atoms with Crippen LogP contribution < -0.4 is 5.32 Å². The van der Waals surface area contributed by atoms with Crippen LogP contribution in [0.15, 0.2) is 41.6 Å². The van der Waals surface area contributed by atoms with Crippen LogP contribution in [0.25, 0.3) is 10.9 Å². The molecule has 0 saturated carbocycles. The van der Waals surface area contributed by atoms with Gasteiger partial charge in [-0.1, -0.05) is 0 Å². The van der Waals surface area contributed by atoms with Gasteiger partial charge in [-0.2, -0.15) is 0 Å². The first-order valence-corrected chi connectivity index (χ1v) is 9.17. The molecule has 122 valence electrons. The number of sulfone groups is 1. The number of phenols is 1. The highest BCUT2D eigenvalue weighted by Gasteiger charge is 2.29. The second-order valence-corrected chi connectivity index (χ2v) is 7.93. The van der Waals surface area contributed by atoms with E-state index in [9.17, 15) is 13.5 Å². The van der Waals surface area contributed by atoms with E-state index in [0.29, 0.717) is 22.7 Å². The Morgan fingerprint density at radius 2 is 2.00 bits per heavy atom. The van der Waals surface area contributed by atoms with Crippen LogP contribution in [0.2, 0.25) is 0 Å². The zero-order chi connectivity index (χ0) is 16.9. The van der Waals surface area contributed by atoms with Gasteiger partial charge in [-0.3, -0.25) is 0 Å². The summed E-state index contributed by atoms with van der Waals surface area (Å²) in [6, 6.07) is 8.50. The van der Waals surface area contributed by atoms with Gasteiger partial charge in [0, 0.05) is 11.1 Å². The van der Waals surface area contributed by atoms with Gasteiger partial charge in [-0.15, -0.1) is 0 Å². The van der Waals surface area contributed by atoms with Crippen molar-refractivity contribution < 1.29 is 13.5 Å². The lowest BCUT2D eigenvalue weighted by atomic mass is 10.1. The molecule has 2 heterocycles. The minimum absolute atomic E-state index is 0.119. The standard InChI is InChI=1S/C17H15N3O3S/c1-10-8-11(2-4-14(10)21)20-17-16-12-6-7-24(22,23)15(12)5-3-13(16)18-9-19-17/h2-5,8-9,21H,6-7H2,1H3,(H,18,19,20). The second-order valence-electron chi connectivity index (χ2n) is 5.85. The van der Waals surface area contributed by atoms with Crippen molar-refractivity contribution in [3.05, 3.63) is 47.8 Å². The van der Waals surface area contributed by atoms with Gasteiger partial charge in [0.25, 0.3) is 0 Å². The SMILES string of the molecule is Cc1cc(Nc2ncnc3ccc4c(c23)CCS4(=O)=O)ccc1O. The predicted molar refractivity (Wildman–Crippen MR) is 91.4 cm³/mol. The Kier molecular flexibility index (Phi) is 3.21. The molecule has 0 fully saturated rings. The third-order valence-corrected chi connectivity index (χ3v) is 6.08. The summed E-state index contributed by atoms with van der Waals surface area (Å²) < 4.78 is 24.3. The molecule has 2 N–H and O–H groups in total. The number of benzene rings is 2. The lowest BCUT2D eigenvalue weighted by molar-refractivity contribution is 0.471. The third-order valence-electron chi connectivity index (χ3n) is 4.28. The Balaban J connectivity index is 1.90. The first-order chi connectivity index (χ1) is 11.5. The third kappa shape index (κ3) is 2.28. The number of fused-ring (bicyclic) bond motifs is 3. The van der Waals surface area contributed by atoms with Gasteiger partial charge in [0.05, 0.1) is 16.2 Å². The van der Waals surface area contributed by atoms with Gasteiger partial charge in [0.2, 0.25) is 0 Å². The smallest absolute Gasteiger partial charge is 0.179 e. The molecule has 6 nitrogen and oxygen atoms in total. The molecule has 0 unspecified atom stereocenters. The summed E-state index contributed by atoms with van der Waals surface area (Å²) in [5.74, 6) is 0.910. The van der Waals surface area contributed by atoms with Crippen molar-refractivity contribution >= 4 is 32.2 Å². The average Bonchev–Trinajstić information content (AvgIpc) is 2.86. The number of phenolic OH excluding ortho intramolecular Hbond substituents is 1. The number of hydrogen-bond acceptors (Lipinski definition) is 6. The lowest BCUT2D eigenvalue weighted by Gasteiger charge is -2.12. The Hall–Kier alpha value is -2.67. The Bertz CT molecular complexity index is 1080. The summed E-state index contributed by atoms with van der Waals surface area (Å²) in [5, 5.41) is 13.6. The van der Waals surface area contributed by atoms with E-state index in [1.165, 1.54) is 6.33 Å². The molecule has 1 aliphatic heterocycles. The number of nitrogens with zero attached hydrogens (tertiary/aromatic N) is 2. The number of aromatic nitrogens is 2. The molecule has 4 rings (SSSR count). The fraction of sp³-hybridized carbons (Fsp3) is 0.176. The number of rotatable bonds is 2. The van der Waals surface area contributed by atoms with Gasteiger partial charge in [0.15, 0.2) is 9.84 Å². The molecule has 7 heteroatoms. The van der Waals surface area contributed by atoms with Crippen molar-refractivity contribution in [1.82, 2.24) is 9.97 Å². The van der Waals surface area contributed by atoms with Gasteiger partial charge in [0.1, 0.15) is 17.9 Å². The summed E-state index contributed by atoms with van der Waals surface area (Å²) in [6.45, 7) is 1.81. The molecular formula is C17H15N3O3S. The van der Waals surface area contributed by atoms with E-state index in [2.05, 4.69) is 15.3 Å². The fourth-order valence-electron chi connectivity index (χ4n) is 3.05. The van der Waals surface area contributed by atoms with Crippen molar-refractivity contribution in [2.45, 2.75) is 18.2 Å². The largest absolute Gasteiger partial charge is 0.508 e. The van der Waals surface area contributed by atoms with Crippen molar-refractivity contribution in [1.29, 1.82) is 0 Å². The first kappa shape index (κ1) is 14.9. The van der Waals surface area contributed by atoms with Crippen LogP contribution in [0, 0.1) is 6.92 Å². The summed E-state index contributed by atoms with van der Waals surface area (Å²) in [4.78, 5) is 8.92. The summed E-state index contributed by atoms with van der Waals surface area (Å²) in [7, 11) is -3.22. The molecule has 0 amide bonds. The fourth-order valence-corrected chi connectivity index (χ4v) is 4.60. The molecule has 2 aromatic carbocycles. The zero-order valence-electron chi connectivity index (χ0n) is 12.9. The number of aromatic hydroxyl groups is 1. The second kappa shape index (κ2) is 5.17. The topological polar surface area (TPSA) is 92.2 Å². The number of anilines is 2. The molecule has 1 aliphatic rings. The quantitative estimate of drug-likeness (QED) is 0.696. The van der Waals surface area contributed by atoms with Crippen molar-refractivity contribution in [3.8, 4) is 5.75 Å². The van der Waals surface area contributed by atoms with Gasteiger partial charge < -0.3 is 10.4 Å². The summed E-state index contributed by atoms with van der Waals surface area (Å²) in [5.41, 5.74) is 2.99. The zero-order valence-corrected chi connectivity index (χ0v) is 13.8. The molecular weight excluding hydrogens is 326 g/mol. The maximum absolute atomic E-state index is 12.2. The monoisotopic (exact) mass is 341 g/mol. The van der Waals surface area contributed by atoms with Crippen molar-refractivity contribution in [3.63, 3.8) is 0 Å². The molecule has 0 saturated heterocycles. The van der Waals surface area contributed by atoms with E-state index in [1.807, 2.05) is 13.0 Å². The first-order valence-electron chi connectivity index (χ1n) is 7.52. The Morgan fingerprint density at radius 3 is 2.79 bits per heavy atom. The maximum Gasteiger partial charge on any atom is 0.179 e. The predicted octanol–water partition coefficient (Wildman–Crippen LogP) is 2.72. The van der Waals surface area contributed by atoms with Crippen LogP contribution in [-0.2, 0) is 16.3 Å². The molecule has 3 aromatic rings. The highest BCUT2D eigenvalue weighted by Crippen LogP contribution is 2.35. The van der Waals surface area contributed by atoms with E-state index < -0.39 is 9.84 Å². The van der Waals surface area contributed by atoms with Crippen LogP contribution in [-0.4, -0.2) is 29.2 Å². The van der Waals surface area contributed by atoms with E-state index in [-0.39, 0.29) is 11.5 Å². The van der Waals surface area contributed by atoms with Crippen molar-refractivity contribution in [2.75, 3.05) is 11.1 Å². The van der Waals surface area contributed by atoms with E-state index >= 15 is 0 Å². The summed E-state index contributed by atoms with van der Waals surface area (Å²) >= 11 is 0. The molecule has 1 aromatic heterocycles.